The Balaban J connectivity index is 1.63. The number of sulfonamides is 1. The number of benzene rings is 1. The number of nitrogens with zero attached hydrogens (tertiary/aromatic N) is 1. The van der Waals surface area contributed by atoms with Crippen molar-refractivity contribution in [1.29, 1.82) is 0 Å². The van der Waals surface area contributed by atoms with Gasteiger partial charge in [0.1, 0.15) is 6.04 Å². The van der Waals surface area contributed by atoms with Crippen molar-refractivity contribution in [3.05, 3.63) is 29.8 Å². The summed E-state index contributed by atoms with van der Waals surface area (Å²) in [4.78, 5) is 27.3. The number of hydrogen-bond acceptors (Lipinski definition) is 4. The van der Waals surface area contributed by atoms with Gasteiger partial charge in [-0.15, -0.1) is 0 Å². The molecule has 1 aliphatic heterocycles. The van der Waals surface area contributed by atoms with Crippen LogP contribution >= 0.6 is 0 Å². The maximum atomic E-state index is 12.9. The molecular weight excluding hydrogens is 390 g/mol. The normalized spacial score (nSPS) is 21.7. The molecular formula is C21H31N3O4S. The van der Waals surface area contributed by atoms with E-state index < -0.39 is 22.1 Å². The van der Waals surface area contributed by atoms with Crippen LogP contribution in [0.2, 0.25) is 0 Å². The Bertz CT molecular complexity index is 832. The summed E-state index contributed by atoms with van der Waals surface area (Å²) in [5, 5.41) is 3.09. The molecule has 2 amide bonds. The molecule has 160 valence electrons. The molecule has 1 saturated carbocycles. The first-order valence-electron chi connectivity index (χ1n) is 10.5. The maximum absolute atomic E-state index is 12.9. The Morgan fingerprint density at radius 2 is 1.69 bits per heavy atom. The van der Waals surface area contributed by atoms with Gasteiger partial charge in [0.25, 0.3) is 0 Å². The van der Waals surface area contributed by atoms with Crippen molar-refractivity contribution in [2.24, 2.45) is 0 Å². The molecule has 2 aliphatic rings. The molecule has 2 atom stereocenters. The summed E-state index contributed by atoms with van der Waals surface area (Å²) in [6.45, 7) is 3.88. The zero-order valence-electron chi connectivity index (χ0n) is 17.2. The minimum Gasteiger partial charge on any atom is -0.352 e. The van der Waals surface area contributed by atoms with Gasteiger partial charge in [0.2, 0.25) is 21.8 Å². The summed E-state index contributed by atoms with van der Waals surface area (Å²) < 4.78 is 27.6. The summed E-state index contributed by atoms with van der Waals surface area (Å²) >= 11 is 0. The SMILES string of the molecule is Cc1ccc(S(=O)(=O)N[C@@H](C)C(=O)N2CCC[C@H]2C(=O)NC2CCCCC2)cc1. The summed E-state index contributed by atoms with van der Waals surface area (Å²) in [7, 11) is -3.81. The second-order valence-corrected chi connectivity index (χ2v) is 9.90. The summed E-state index contributed by atoms with van der Waals surface area (Å²) in [6.07, 6.45) is 6.77. The highest BCUT2D eigenvalue weighted by Gasteiger charge is 2.37. The molecule has 1 saturated heterocycles. The first kappa shape index (κ1) is 21.8. The average molecular weight is 422 g/mol. The molecule has 29 heavy (non-hydrogen) atoms. The highest BCUT2D eigenvalue weighted by atomic mass is 32.2. The topological polar surface area (TPSA) is 95.6 Å². The third kappa shape index (κ3) is 5.36. The smallest absolute Gasteiger partial charge is 0.243 e. The molecule has 1 aromatic rings. The van der Waals surface area contributed by atoms with Gasteiger partial charge in [-0.25, -0.2) is 8.42 Å². The quantitative estimate of drug-likeness (QED) is 0.735. The van der Waals surface area contributed by atoms with E-state index in [1.54, 1.807) is 12.1 Å². The van der Waals surface area contributed by atoms with Crippen LogP contribution in [0.1, 0.15) is 57.4 Å². The molecule has 1 aliphatic carbocycles. The van der Waals surface area contributed by atoms with Gasteiger partial charge in [0, 0.05) is 12.6 Å². The second kappa shape index (κ2) is 9.26. The predicted molar refractivity (Wildman–Crippen MR) is 111 cm³/mol. The molecule has 1 heterocycles. The lowest BCUT2D eigenvalue weighted by molar-refractivity contribution is -0.139. The maximum Gasteiger partial charge on any atom is 0.243 e. The van der Waals surface area contributed by atoms with Crippen molar-refractivity contribution in [1.82, 2.24) is 14.9 Å². The van der Waals surface area contributed by atoms with Crippen LogP contribution in [0.5, 0.6) is 0 Å². The molecule has 7 nitrogen and oxygen atoms in total. The number of carbonyl (C=O) groups is 2. The highest BCUT2D eigenvalue weighted by Crippen LogP contribution is 2.22. The van der Waals surface area contributed by atoms with E-state index in [2.05, 4.69) is 10.0 Å². The van der Waals surface area contributed by atoms with Gasteiger partial charge in [-0.2, -0.15) is 4.72 Å². The molecule has 0 spiro atoms. The lowest BCUT2D eigenvalue weighted by atomic mass is 9.95. The fourth-order valence-electron chi connectivity index (χ4n) is 4.16. The molecule has 2 fully saturated rings. The highest BCUT2D eigenvalue weighted by molar-refractivity contribution is 7.89. The minimum absolute atomic E-state index is 0.114. The van der Waals surface area contributed by atoms with Crippen molar-refractivity contribution in [3.63, 3.8) is 0 Å². The third-order valence-corrected chi connectivity index (χ3v) is 7.38. The summed E-state index contributed by atoms with van der Waals surface area (Å²) in [5.41, 5.74) is 0.956. The molecule has 0 radical (unpaired) electrons. The van der Waals surface area contributed by atoms with E-state index in [0.29, 0.717) is 13.0 Å². The van der Waals surface area contributed by atoms with Crippen LogP contribution in [0.3, 0.4) is 0 Å². The molecule has 8 heteroatoms. The summed E-state index contributed by atoms with van der Waals surface area (Å²) in [6, 6.07) is 5.20. The zero-order chi connectivity index (χ0) is 21.0. The van der Waals surface area contributed by atoms with E-state index in [1.165, 1.54) is 30.4 Å². The van der Waals surface area contributed by atoms with Gasteiger partial charge in [0.15, 0.2) is 0 Å². The largest absolute Gasteiger partial charge is 0.352 e. The lowest BCUT2D eigenvalue weighted by Gasteiger charge is -2.29. The van der Waals surface area contributed by atoms with E-state index in [4.69, 9.17) is 0 Å². The fraction of sp³-hybridized carbons (Fsp3) is 0.619. The standard InChI is InChI=1S/C21H31N3O4S/c1-15-10-12-18(13-11-15)29(27,28)23-16(2)21(26)24-14-6-9-19(24)20(25)22-17-7-4-3-5-8-17/h10-13,16-17,19,23H,3-9,14H2,1-2H3,(H,22,25)/t16-,19-/m0/s1. The monoisotopic (exact) mass is 421 g/mol. The number of rotatable bonds is 6. The molecule has 0 bridgehead atoms. The Morgan fingerprint density at radius 1 is 1.03 bits per heavy atom. The zero-order valence-corrected chi connectivity index (χ0v) is 18.0. The van der Waals surface area contributed by atoms with Crippen LogP contribution in [0.15, 0.2) is 29.2 Å². The number of nitrogens with one attached hydrogen (secondary N) is 2. The van der Waals surface area contributed by atoms with Gasteiger partial charge in [-0.1, -0.05) is 37.0 Å². The van der Waals surface area contributed by atoms with Gasteiger partial charge in [-0.3, -0.25) is 9.59 Å². The fourth-order valence-corrected chi connectivity index (χ4v) is 5.36. The van der Waals surface area contributed by atoms with E-state index in [1.807, 2.05) is 6.92 Å². The van der Waals surface area contributed by atoms with Crippen molar-refractivity contribution in [3.8, 4) is 0 Å². The van der Waals surface area contributed by atoms with Gasteiger partial charge in [-0.05, 0) is 51.7 Å². The van der Waals surface area contributed by atoms with Crippen molar-refractivity contribution in [2.45, 2.75) is 81.8 Å². The first-order valence-corrected chi connectivity index (χ1v) is 12.0. The lowest BCUT2D eigenvalue weighted by Crippen LogP contribution is -2.53. The van der Waals surface area contributed by atoms with Crippen molar-refractivity contribution in [2.75, 3.05) is 6.54 Å². The molecule has 0 aromatic heterocycles. The van der Waals surface area contributed by atoms with Crippen LogP contribution in [-0.4, -0.2) is 49.8 Å². The van der Waals surface area contributed by atoms with Crippen LogP contribution in [-0.2, 0) is 19.6 Å². The van der Waals surface area contributed by atoms with Gasteiger partial charge in [0.05, 0.1) is 10.9 Å². The Morgan fingerprint density at radius 3 is 2.34 bits per heavy atom. The average Bonchev–Trinajstić information content (AvgIpc) is 3.18. The van der Waals surface area contributed by atoms with Crippen LogP contribution in [0.4, 0.5) is 0 Å². The van der Waals surface area contributed by atoms with E-state index in [0.717, 1.165) is 37.7 Å². The van der Waals surface area contributed by atoms with E-state index in [-0.39, 0.29) is 22.8 Å². The Kier molecular flexibility index (Phi) is 6.95. The number of hydrogen-bond donors (Lipinski definition) is 2. The van der Waals surface area contributed by atoms with E-state index >= 15 is 0 Å². The van der Waals surface area contributed by atoms with Gasteiger partial charge >= 0.3 is 0 Å². The minimum atomic E-state index is -3.81. The number of likely N-dealkylation sites (tertiary alicyclic amines) is 1. The molecule has 3 rings (SSSR count). The van der Waals surface area contributed by atoms with Crippen LogP contribution in [0, 0.1) is 6.92 Å². The van der Waals surface area contributed by atoms with E-state index in [9.17, 15) is 18.0 Å². The molecule has 2 N–H and O–H groups in total. The molecule has 0 unspecified atom stereocenters. The Hall–Kier alpha value is -1.93. The molecule has 1 aromatic carbocycles. The Labute approximate surface area is 173 Å². The first-order chi connectivity index (χ1) is 13.8. The van der Waals surface area contributed by atoms with Gasteiger partial charge < -0.3 is 10.2 Å². The number of carbonyl (C=O) groups excluding carboxylic acids is 2. The number of aryl methyl sites for hydroxylation is 1. The van der Waals surface area contributed by atoms with Crippen molar-refractivity contribution >= 4 is 21.8 Å². The van der Waals surface area contributed by atoms with Crippen LogP contribution < -0.4 is 10.0 Å². The third-order valence-electron chi connectivity index (χ3n) is 5.82. The number of amides is 2. The second-order valence-electron chi connectivity index (χ2n) is 8.19. The summed E-state index contributed by atoms with van der Waals surface area (Å²) in [5.74, 6) is -0.474. The van der Waals surface area contributed by atoms with Crippen LogP contribution in [0.25, 0.3) is 0 Å². The predicted octanol–water partition coefficient (Wildman–Crippen LogP) is 2.10. The van der Waals surface area contributed by atoms with Crippen molar-refractivity contribution < 1.29 is 18.0 Å².